The second-order valence-corrected chi connectivity index (χ2v) is 8.06. The van der Waals surface area contributed by atoms with E-state index in [0.717, 1.165) is 24.2 Å². The van der Waals surface area contributed by atoms with Gasteiger partial charge in [0.25, 0.3) is 0 Å². The van der Waals surface area contributed by atoms with E-state index in [4.69, 9.17) is 10.5 Å². The number of hydrogen-bond acceptors (Lipinski definition) is 4. The first-order valence-corrected chi connectivity index (χ1v) is 10.0. The highest BCUT2D eigenvalue weighted by Gasteiger charge is 2.36. The summed E-state index contributed by atoms with van der Waals surface area (Å²) in [6.07, 6.45) is 1.57. The quantitative estimate of drug-likeness (QED) is 0.842. The van der Waals surface area contributed by atoms with Gasteiger partial charge < -0.3 is 10.5 Å². The van der Waals surface area contributed by atoms with Gasteiger partial charge in [0.1, 0.15) is 5.75 Å². The molecule has 0 spiro atoms. The van der Waals surface area contributed by atoms with Crippen molar-refractivity contribution < 1.29 is 17.9 Å². The maximum atomic E-state index is 13.1. The van der Waals surface area contributed by atoms with Crippen molar-refractivity contribution in [3.63, 3.8) is 0 Å². The summed E-state index contributed by atoms with van der Waals surface area (Å²) in [4.78, 5) is 11.3. The van der Waals surface area contributed by atoms with Gasteiger partial charge in [-0.05, 0) is 61.7 Å². The fraction of sp³-hybridized carbons (Fsp3) is 0.316. The van der Waals surface area contributed by atoms with Crippen molar-refractivity contribution in [1.29, 1.82) is 0 Å². The maximum absolute atomic E-state index is 13.1. The number of ether oxygens (including phenoxy) is 1. The number of nitrogens with two attached hydrogens (primary N) is 1. The van der Waals surface area contributed by atoms with Crippen molar-refractivity contribution in [2.75, 3.05) is 13.2 Å². The molecule has 138 valence electrons. The van der Waals surface area contributed by atoms with Crippen LogP contribution >= 0.6 is 0 Å². The van der Waals surface area contributed by atoms with Crippen molar-refractivity contribution >= 4 is 15.9 Å². The van der Waals surface area contributed by atoms with Gasteiger partial charge in [0.15, 0.2) is 0 Å². The summed E-state index contributed by atoms with van der Waals surface area (Å²) in [7, 11) is -3.65. The van der Waals surface area contributed by atoms with Crippen LogP contribution < -0.4 is 10.5 Å². The van der Waals surface area contributed by atoms with Gasteiger partial charge in [-0.3, -0.25) is 4.79 Å². The van der Waals surface area contributed by atoms with E-state index in [2.05, 4.69) is 0 Å². The molecule has 2 aromatic carbocycles. The van der Waals surface area contributed by atoms with Crippen LogP contribution in [0.2, 0.25) is 0 Å². The van der Waals surface area contributed by atoms with E-state index in [1.54, 1.807) is 0 Å². The normalized spacial score (nSPS) is 18.0. The van der Waals surface area contributed by atoms with E-state index in [0.29, 0.717) is 13.2 Å². The molecule has 1 heterocycles. The minimum absolute atomic E-state index is 0.167. The first kappa shape index (κ1) is 18.4. The third kappa shape index (κ3) is 3.59. The summed E-state index contributed by atoms with van der Waals surface area (Å²) >= 11 is 0. The number of rotatable bonds is 6. The Morgan fingerprint density at radius 2 is 1.81 bits per heavy atom. The number of primary amides is 1. The van der Waals surface area contributed by atoms with Gasteiger partial charge in [0, 0.05) is 12.1 Å². The first-order valence-electron chi connectivity index (χ1n) is 8.58. The van der Waals surface area contributed by atoms with Crippen molar-refractivity contribution in [2.45, 2.75) is 30.7 Å². The molecule has 1 aliphatic rings. The minimum Gasteiger partial charge on any atom is -0.494 e. The smallest absolute Gasteiger partial charge is 0.248 e. The molecular weight excluding hydrogens is 352 g/mol. The Balaban J connectivity index is 1.87. The number of hydrogen-bond donors (Lipinski definition) is 1. The van der Waals surface area contributed by atoms with Crippen LogP contribution in [-0.4, -0.2) is 31.8 Å². The molecule has 1 amide bonds. The van der Waals surface area contributed by atoms with Gasteiger partial charge in [-0.15, -0.1) is 0 Å². The first-order chi connectivity index (χ1) is 12.4. The zero-order chi connectivity index (χ0) is 18.7. The van der Waals surface area contributed by atoms with Crippen LogP contribution in [0.5, 0.6) is 5.75 Å². The van der Waals surface area contributed by atoms with E-state index in [1.165, 1.54) is 28.6 Å². The molecule has 0 aliphatic carbocycles. The van der Waals surface area contributed by atoms with Gasteiger partial charge in [0.05, 0.1) is 17.5 Å². The maximum Gasteiger partial charge on any atom is 0.248 e. The fourth-order valence-corrected chi connectivity index (χ4v) is 4.92. The van der Waals surface area contributed by atoms with Crippen molar-refractivity contribution in [1.82, 2.24) is 4.31 Å². The Hall–Kier alpha value is -2.38. The predicted octanol–water partition coefficient (Wildman–Crippen LogP) is 2.71. The van der Waals surface area contributed by atoms with Gasteiger partial charge in [0.2, 0.25) is 15.9 Å². The van der Waals surface area contributed by atoms with E-state index in [9.17, 15) is 13.2 Å². The van der Waals surface area contributed by atoms with Gasteiger partial charge in [-0.2, -0.15) is 4.31 Å². The second kappa shape index (κ2) is 7.47. The van der Waals surface area contributed by atoms with Crippen LogP contribution in [0.15, 0.2) is 53.4 Å². The zero-order valence-corrected chi connectivity index (χ0v) is 15.4. The lowest BCUT2D eigenvalue weighted by molar-refractivity contribution is 0.1000. The lowest BCUT2D eigenvalue weighted by atomic mass is 10.1. The van der Waals surface area contributed by atoms with Gasteiger partial charge in [-0.1, -0.05) is 12.1 Å². The summed E-state index contributed by atoms with van der Waals surface area (Å²) in [6.45, 7) is 2.98. The van der Waals surface area contributed by atoms with E-state index < -0.39 is 15.9 Å². The van der Waals surface area contributed by atoms with E-state index in [-0.39, 0.29) is 16.5 Å². The van der Waals surface area contributed by atoms with Gasteiger partial charge >= 0.3 is 0 Å². The van der Waals surface area contributed by atoms with Crippen LogP contribution in [0.25, 0.3) is 0 Å². The molecule has 0 bridgehead atoms. The summed E-state index contributed by atoms with van der Waals surface area (Å²) in [5, 5.41) is 0. The molecule has 0 saturated carbocycles. The lowest BCUT2D eigenvalue weighted by Gasteiger charge is -2.24. The van der Waals surface area contributed by atoms with Crippen LogP contribution in [0.1, 0.15) is 41.7 Å². The molecule has 1 saturated heterocycles. The third-order valence-electron chi connectivity index (χ3n) is 4.52. The Labute approximate surface area is 153 Å². The highest BCUT2D eigenvalue weighted by Crippen LogP contribution is 2.37. The van der Waals surface area contributed by atoms with Crippen LogP contribution in [0.4, 0.5) is 0 Å². The van der Waals surface area contributed by atoms with Crippen molar-refractivity contribution in [2.24, 2.45) is 5.73 Å². The number of carbonyl (C=O) groups is 1. The van der Waals surface area contributed by atoms with Gasteiger partial charge in [-0.25, -0.2) is 8.42 Å². The number of nitrogens with zero attached hydrogens (tertiary/aromatic N) is 1. The van der Waals surface area contributed by atoms with E-state index in [1.807, 2.05) is 31.2 Å². The van der Waals surface area contributed by atoms with Crippen molar-refractivity contribution in [3.8, 4) is 5.75 Å². The molecule has 1 aliphatic heterocycles. The summed E-state index contributed by atoms with van der Waals surface area (Å²) in [6, 6.07) is 13.1. The van der Waals surface area contributed by atoms with Crippen LogP contribution in [-0.2, 0) is 10.0 Å². The average molecular weight is 374 g/mol. The number of benzene rings is 2. The molecule has 0 unspecified atom stereocenters. The molecule has 0 radical (unpaired) electrons. The molecule has 1 atom stereocenters. The fourth-order valence-electron chi connectivity index (χ4n) is 3.24. The summed E-state index contributed by atoms with van der Waals surface area (Å²) in [5.74, 6) is 0.188. The highest BCUT2D eigenvalue weighted by molar-refractivity contribution is 7.89. The Morgan fingerprint density at radius 3 is 2.38 bits per heavy atom. The summed E-state index contributed by atoms with van der Waals surface area (Å²) in [5.41, 5.74) is 6.45. The topological polar surface area (TPSA) is 89.7 Å². The average Bonchev–Trinajstić information content (AvgIpc) is 3.13. The van der Waals surface area contributed by atoms with Crippen molar-refractivity contribution in [3.05, 3.63) is 59.7 Å². The lowest BCUT2D eigenvalue weighted by Crippen LogP contribution is -2.30. The molecule has 2 aromatic rings. The molecule has 1 fully saturated rings. The van der Waals surface area contributed by atoms with Crippen LogP contribution in [0, 0.1) is 0 Å². The zero-order valence-electron chi connectivity index (χ0n) is 14.6. The molecular formula is C19H22N2O4S. The predicted molar refractivity (Wildman–Crippen MR) is 98.4 cm³/mol. The Morgan fingerprint density at radius 1 is 1.15 bits per heavy atom. The molecule has 7 heteroatoms. The second-order valence-electron chi connectivity index (χ2n) is 6.16. The highest BCUT2D eigenvalue weighted by atomic mass is 32.2. The molecule has 6 nitrogen and oxygen atoms in total. The summed E-state index contributed by atoms with van der Waals surface area (Å²) < 4.78 is 33.1. The molecule has 26 heavy (non-hydrogen) atoms. The largest absolute Gasteiger partial charge is 0.494 e. The van der Waals surface area contributed by atoms with Crippen LogP contribution in [0.3, 0.4) is 0 Å². The molecule has 0 aromatic heterocycles. The molecule has 3 rings (SSSR count). The standard InChI is InChI=1S/C19H22N2O4S/c1-2-25-16-9-5-14(6-10-16)18-4-3-13-21(18)26(23,24)17-11-7-15(8-12-17)19(20)22/h5-12,18H,2-4,13H2,1H3,(H2,20,22)/t18-/m0/s1. The SMILES string of the molecule is CCOc1ccc([C@@H]2CCCN2S(=O)(=O)c2ccc(C(N)=O)cc2)cc1. The number of amides is 1. The Kier molecular flexibility index (Phi) is 5.29. The molecule has 2 N–H and O–H groups in total. The monoisotopic (exact) mass is 374 g/mol. The Bertz CT molecular complexity index is 877. The minimum atomic E-state index is -3.65. The third-order valence-corrected chi connectivity index (χ3v) is 6.45. The number of sulfonamides is 1. The number of carbonyl (C=O) groups excluding carboxylic acids is 1. The van der Waals surface area contributed by atoms with E-state index >= 15 is 0 Å².